The van der Waals surface area contributed by atoms with E-state index in [2.05, 4.69) is 11.1 Å². The van der Waals surface area contributed by atoms with Gasteiger partial charge in [-0.3, -0.25) is 4.79 Å². The maximum Gasteiger partial charge on any atom is 0.222 e. The summed E-state index contributed by atoms with van der Waals surface area (Å²) in [6.45, 7) is 0.541. The number of halogens is 1. The first-order chi connectivity index (χ1) is 11.6. The lowest BCUT2D eigenvalue weighted by molar-refractivity contribution is -0.130. The second kappa shape index (κ2) is 7.77. The van der Waals surface area contributed by atoms with Gasteiger partial charge in [-0.1, -0.05) is 41.9 Å². The number of para-hydroxylation sites is 1. The van der Waals surface area contributed by atoms with Gasteiger partial charge in [0.2, 0.25) is 5.91 Å². The van der Waals surface area contributed by atoms with Crippen molar-refractivity contribution in [2.45, 2.75) is 25.8 Å². The second-order valence-electron chi connectivity index (χ2n) is 5.77. The first kappa shape index (κ1) is 16.9. The number of rotatable bonds is 6. The van der Waals surface area contributed by atoms with Gasteiger partial charge in [0, 0.05) is 25.0 Å². The van der Waals surface area contributed by atoms with Gasteiger partial charge in [-0.05, 0) is 36.6 Å². The van der Waals surface area contributed by atoms with E-state index >= 15 is 0 Å². The molecule has 0 aliphatic heterocycles. The standard InChI is InChI=1S/C19H19ClN2OS/c1-22(13-14-7-2-3-8-15(14)20)19(23)12-6-11-18-21-16-9-4-5-10-17(16)24-18/h2-5,7-10H,6,11-13H2,1H3. The Hall–Kier alpha value is -1.91. The first-order valence-electron chi connectivity index (χ1n) is 7.95. The van der Waals surface area contributed by atoms with Crippen molar-refractivity contribution in [2.75, 3.05) is 7.05 Å². The van der Waals surface area contributed by atoms with Crippen LogP contribution in [-0.4, -0.2) is 22.8 Å². The highest BCUT2D eigenvalue weighted by atomic mass is 35.5. The van der Waals surface area contributed by atoms with E-state index in [1.54, 1.807) is 16.2 Å². The van der Waals surface area contributed by atoms with E-state index in [9.17, 15) is 4.79 Å². The van der Waals surface area contributed by atoms with Gasteiger partial charge in [0.15, 0.2) is 0 Å². The summed E-state index contributed by atoms with van der Waals surface area (Å²) in [6.07, 6.45) is 2.17. The Bertz CT molecular complexity index is 813. The maximum atomic E-state index is 12.3. The van der Waals surface area contributed by atoms with E-state index in [0.29, 0.717) is 18.0 Å². The fourth-order valence-corrected chi connectivity index (χ4v) is 3.78. The number of hydrogen-bond acceptors (Lipinski definition) is 3. The van der Waals surface area contributed by atoms with Crippen molar-refractivity contribution in [3.8, 4) is 0 Å². The first-order valence-corrected chi connectivity index (χ1v) is 9.15. The van der Waals surface area contributed by atoms with E-state index in [0.717, 1.165) is 28.9 Å². The molecule has 3 aromatic rings. The minimum Gasteiger partial charge on any atom is -0.341 e. The van der Waals surface area contributed by atoms with Crippen molar-refractivity contribution in [1.29, 1.82) is 0 Å². The van der Waals surface area contributed by atoms with Crippen molar-refractivity contribution in [3.63, 3.8) is 0 Å². The lowest BCUT2D eigenvalue weighted by Crippen LogP contribution is -2.26. The minimum atomic E-state index is 0.135. The number of fused-ring (bicyclic) bond motifs is 1. The summed E-state index contributed by atoms with van der Waals surface area (Å²) in [4.78, 5) is 18.6. The van der Waals surface area contributed by atoms with Crippen molar-refractivity contribution in [3.05, 3.63) is 64.1 Å². The van der Waals surface area contributed by atoms with Gasteiger partial charge >= 0.3 is 0 Å². The predicted octanol–water partition coefficient (Wildman–Crippen LogP) is 4.93. The average Bonchev–Trinajstić information content (AvgIpc) is 2.99. The fraction of sp³-hybridized carbons (Fsp3) is 0.263. The predicted molar refractivity (Wildman–Crippen MR) is 100 cm³/mol. The monoisotopic (exact) mass is 358 g/mol. The van der Waals surface area contributed by atoms with E-state index in [-0.39, 0.29) is 5.91 Å². The van der Waals surface area contributed by atoms with Crippen LogP contribution in [0.2, 0.25) is 5.02 Å². The molecule has 1 aromatic heterocycles. The molecule has 0 aliphatic carbocycles. The number of aryl methyl sites for hydroxylation is 1. The van der Waals surface area contributed by atoms with Gasteiger partial charge in [0.1, 0.15) is 0 Å². The molecule has 2 aromatic carbocycles. The Labute approximate surface area is 150 Å². The Morgan fingerprint density at radius 1 is 1.17 bits per heavy atom. The quantitative estimate of drug-likeness (QED) is 0.625. The van der Waals surface area contributed by atoms with Crippen LogP contribution < -0.4 is 0 Å². The average molecular weight is 359 g/mol. The summed E-state index contributed by atoms with van der Waals surface area (Å²) in [5, 5.41) is 1.80. The Balaban J connectivity index is 1.50. The van der Waals surface area contributed by atoms with Crippen LogP contribution >= 0.6 is 22.9 Å². The van der Waals surface area contributed by atoms with E-state index in [1.807, 2.05) is 49.5 Å². The van der Waals surface area contributed by atoms with Crippen LogP contribution in [0.5, 0.6) is 0 Å². The minimum absolute atomic E-state index is 0.135. The molecule has 1 heterocycles. The van der Waals surface area contributed by atoms with Crippen LogP contribution in [0.3, 0.4) is 0 Å². The number of hydrogen-bond donors (Lipinski definition) is 0. The molecule has 124 valence electrons. The van der Waals surface area contributed by atoms with Gasteiger partial charge < -0.3 is 4.90 Å². The molecule has 0 aliphatic rings. The molecule has 3 rings (SSSR count). The second-order valence-corrected chi connectivity index (χ2v) is 7.29. The third kappa shape index (κ3) is 4.13. The molecule has 0 atom stereocenters. The zero-order valence-corrected chi connectivity index (χ0v) is 15.1. The normalized spacial score (nSPS) is 10.9. The Morgan fingerprint density at radius 3 is 2.71 bits per heavy atom. The van der Waals surface area contributed by atoms with Crippen LogP contribution in [-0.2, 0) is 17.8 Å². The largest absolute Gasteiger partial charge is 0.341 e. The maximum absolute atomic E-state index is 12.3. The Kier molecular flexibility index (Phi) is 5.48. The summed E-state index contributed by atoms with van der Waals surface area (Å²) in [6, 6.07) is 15.8. The van der Waals surface area contributed by atoms with E-state index in [1.165, 1.54) is 4.70 Å². The van der Waals surface area contributed by atoms with Crippen molar-refractivity contribution in [1.82, 2.24) is 9.88 Å². The van der Waals surface area contributed by atoms with E-state index < -0.39 is 0 Å². The number of benzene rings is 2. The summed E-state index contributed by atoms with van der Waals surface area (Å²) in [7, 11) is 1.82. The summed E-state index contributed by atoms with van der Waals surface area (Å²) >= 11 is 7.86. The van der Waals surface area contributed by atoms with E-state index in [4.69, 9.17) is 11.6 Å². The van der Waals surface area contributed by atoms with Crippen LogP contribution in [0.4, 0.5) is 0 Å². The molecule has 0 N–H and O–H groups in total. The summed E-state index contributed by atoms with van der Waals surface area (Å²) in [5.74, 6) is 0.135. The Morgan fingerprint density at radius 2 is 1.92 bits per heavy atom. The molecule has 0 radical (unpaired) electrons. The SMILES string of the molecule is CN(Cc1ccccc1Cl)C(=O)CCCc1nc2ccccc2s1. The summed E-state index contributed by atoms with van der Waals surface area (Å²) < 4.78 is 1.20. The van der Waals surface area contributed by atoms with Gasteiger partial charge in [0.25, 0.3) is 0 Å². The molecular weight excluding hydrogens is 340 g/mol. The molecule has 0 unspecified atom stereocenters. The number of carbonyl (C=O) groups excluding carboxylic acids is 1. The van der Waals surface area contributed by atoms with Gasteiger partial charge in [-0.2, -0.15) is 0 Å². The smallest absolute Gasteiger partial charge is 0.222 e. The number of nitrogens with zero attached hydrogens (tertiary/aromatic N) is 2. The zero-order chi connectivity index (χ0) is 16.9. The molecule has 0 spiro atoms. The molecule has 0 bridgehead atoms. The molecule has 0 saturated carbocycles. The third-order valence-electron chi connectivity index (χ3n) is 3.91. The topological polar surface area (TPSA) is 33.2 Å². The molecule has 24 heavy (non-hydrogen) atoms. The van der Waals surface area contributed by atoms with Crippen molar-refractivity contribution < 1.29 is 4.79 Å². The van der Waals surface area contributed by atoms with Crippen molar-refractivity contribution in [2.24, 2.45) is 0 Å². The van der Waals surface area contributed by atoms with Crippen LogP contribution in [0.25, 0.3) is 10.2 Å². The molecule has 5 heteroatoms. The lowest BCUT2D eigenvalue weighted by atomic mass is 10.2. The third-order valence-corrected chi connectivity index (χ3v) is 5.38. The molecule has 1 amide bonds. The highest BCUT2D eigenvalue weighted by Crippen LogP contribution is 2.23. The van der Waals surface area contributed by atoms with Crippen LogP contribution in [0, 0.1) is 0 Å². The van der Waals surface area contributed by atoms with Crippen LogP contribution in [0.1, 0.15) is 23.4 Å². The number of carbonyl (C=O) groups is 1. The summed E-state index contributed by atoms with van der Waals surface area (Å²) in [5.41, 5.74) is 2.01. The zero-order valence-electron chi connectivity index (χ0n) is 13.5. The fourth-order valence-electron chi connectivity index (χ4n) is 2.58. The highest BCUT2D eigenvalue weighted by Gasteiger charge is 2.11. The number of amides is 1. The van der Waals surface area contributed by atoms with Gasteiger partial charge in [-0.25, -0.2) is 4.98 Å². The molecule has 0 fully saturated rings. The van der Waals surface area contributed by atoms with Gasteiger partial charge in [0.05, 0.1) is 15.2 Å². The molecule has 3 nitrogen and oxygen atoms in total. The lowest BCUT2D eigenvalue weighted by Gasteiger charge is -2.17. The molecule has 0 saturated heterocycles. The highest BCUT2D eigenvalue weighted by molar-refractivity contribution is 7.18. The number of aromatic nitrogens is 1. The number of thiazole rings is 1. The molecular formula is C19H19ClN2OS. The van der Waals surface area contributed by atoms with Crippen molar-refractivity contribution >= 4 is 39.1 Å². The van der Waals surface area contributed by atoms with Crippen LogP contribution in [0.15, 0.2) is 48.5 Å². The van der Waals surface area contributed by atoms with Gasteiger partial charge in [-0.15, -0.1) is 11.3 Å².